The number of likely N-dealkylation sites (tertiary alicyclic amines) is 1. The quantitative estimate of drug-likeness (QED) is 0.874. The van der Waals surface area contributed by atoms with E-state index in [4.69, 9.17) is 4.74 Å². The molecule has 6 nitrogen and oxygen atoms in total. The number of amides is 1. The second-order valence-corrected chi connectivity index (χ2v) is 8.09. The van der Waals surface area contributed by atoms with Gasteiger partial charge >= 0.3 is 0 Å². The number of morpholine rings is 1. The summed E-state index contributed by atoms with van der Waals surface area (Å²) in [6.07, 6.45) is 9.58. The molecule has 0 bridgehead atoms. The number of hydrogen-bond donors (Lipinski definition) is 1. The van der Waals surface area contributed by atoms with E-state index in [0.717, 1.165) is 51.4 Å². The van der Waals surface area contributed by atoms with E-state index in [-0.39, 0.29) is 12.1 Å². The van der Waals surface area contributed by atoms with Gasteiger partial charge in [0.15, 0.2) is 0 Å². The second-order valence-electron chi connectivity index (χ2n) is 8.09. The molecule has 0 saturated carbocycles. The van der Waals surface area contributed by atoms with E-state index in [1.165, 1.54) is 25.7 Å². The van der Waals surface area contributed by atoms with Gasteiger partial charge in [0.05, 0.1) is 19.4 Å². The van der Waals surface area contributed by atoms with Crippen LogP contribution in [0.4, 0.5) is 0 Å². The first-order valence-electron chi connectivity index (χ1n) is 10.6. The van der Waals surface area contributed by atoms with E-state index in [9.17, 15) is 4.79 Å². The summed E-state index contributed by atoms with van der Waals surface area (Å²) in [5.74, 6) is 0.198. The van der Waals surface area contributed by atoms with Crippen LogP contribution in [0.1, 0.15) is 44.2 Å². The highest BCUT2D eigenvalue weighted by Crippen LogP contribution is 2.26. The van der Waals surface area contributed by atoms with Gasteiger partial charge in [-0.2, -0.15) is 0 Å². The number of nitrogens with one attached hydrogen (secondary N) is 1. The van der Waals surface area contributed by atoms with Crippen molar-refractivity contribution in [1.29, 1.82) is 0 Å². The molecule has 6 heteroatoms. The molecular formula is C21H32N4O2. The summed E-state index contributed by atoms with van der Waals surface area (Å²) in [5.41, 5.74) is 1.15. The van der Waals surface area contributed by atoms with Crippen LogP contribution in [0.25, 0.3) is 0 Å². The highest BCUT2D eigenvalue weighted by Gasteiger charge is 2.37. The lowest BCUT2D eigenvalue weighted by Crippen LogP contribution is -2.60. The fraction of sp³-hybridized carbons (Fsp3) is 0.714. The van der Waals surface area contributed by atoms with Gasteiger partial charge in [-0.1, -0.05) is 18.9 Å². The van der Waals surface area contributed by atoms with Gasteiger partial charge in [0.1, 0.15) is 0 Å². The van der Waals surface area contributed by atoms with Gasteiger partial charge in [-0.05, 0) is 31.4 Å². The van der Waals surface area contributed by atoms with E-state index >= 15 is 0 Å². The predicted molar refractivity (Wildman–Crippen MR) is 104 cm³/mol. The Hall–Kier alpha value is -1.50. The largest absolute Gasteiger partial charge is 0.379 e. The van der Waals surface area contributed by atoms with Crippen LogP contribution in [0.2, 0.25) is 0 Å². The Morgan fingerprint density at radius 1 is 1.15 bits per heavy atom. The summed E-state index contributed by atoms with van der Waals surface area (Å²) in [4.78, 5) is 22.1. The normalized spacial score (nSPS) is 31.3. The first kappa shape index (κ1) is 18.8. The van der Waals surface area contributed by atoms with Gasteiger partial charge < -0.3 is 10.1 Å². The standard InChI is InChI=1S/C21H32N4O2/c26-21-16-19(24-10-12-27-13-11-24)15-20(23-21)25-9-5-1-2-7-18(25)14-17-6-3-4-8-22-17/h3-4,6,8,18-20H,1-2,5,7,9-16H2,(H,23,26)/t18-,19?,20?/m1/s1. The number of nitrogens with zero attached hydrogens (tertiary/aromatic N) is 3. The molecule has 0 radical (unpaired) electrons. The van der Waals surface area contributed by atoms with Crippen LogP contribution < -0.4 is 5.32 Å². The van der Waals surface area contributed by atoms with Crippen molar-refractivity contribution in [2.24, 2.45) is 0 Å². The lowest BCUT2D eigenvalue weighted by atomic mass is 9.97. The first-order valence-corrected chi connectivity index (χ1v) is 10.6. The van der Waals surface area contributed by atoms with Gasteiger partial charge in [-0.15, -0.1) is 0 Å². The Bertz CT molecular complexity index is 605. The number of carbonyl (C=O) groups is 1. The van der Waals surface area contributed by atoms with Crippen molar-refractivity contribution in [2.45, 2.75) is 63.2 Å². The van der Waals surface area contributed by atoms with Crippen molar-refractivity contribution in [1.82, 2.24) is 20.1 Å². The molecule has 0 aliphatic carbocycles. The SMILES string of the molecule is O=C1CC(N2CCOCC2)CC(N2CCCCC[C@@H]2Cc2ccccn2)N1. The maximum atomic E-state index is 12.5. The summed E-state index contributed by atoms with van der Waals surface area (Å²) in [6.45, 7) is 4.53. The summed E-state index contributed by atoms with van der Waals surface area (Å²) in [5, 5.41) is 3.31. The molecule has 4 rings (SSSR count). The van der Waals surface area contributed by atoms with E-state index in [2.05, 4.69) is 32.2 Å². The number of aromatic nitrogens is 1. The van der Waals surface area contributed by atoms with Gasteiger partial charge in [0, 0.05) is 56.5 Å². The van der Waals surface area contributed by atoms with Crippen molar-refractivity contribution in [3.63, 3.8) is 0 Å². The molecule has 27 heavy (non-hydrogen) atoms. The average Bonchev–Trinajstić information content (AvgIpc) is 2.94. The zero-order valence-corrected chi connectivity index (χ0v) is 16.2. The molecule has 3 saturated heterocycles. The molecule has 1 N–H and O–H groups in total. The number of pyridine rings is 1. The summed E-state index contributed by atoms with van der Waals surface area (Å²) in [6, 6.07) is 6.96. The Kier molecular flexibility index (Phi) is 6.37. The third kappa shape index (κ3) is 4.86. The van der Waals surface area contributed by atoms with E-state index in [1.54, 1.807) is 0 Å². The molecule has 4 heterocycles. The summed E-state index contributed by atoms with van der Waals surface area (Å²) in [7, 11) is 0. The number of carbonyl (C=O) groups excluding carboxylic acids is 1. The predicted octanol–water partition coefficient (Wildman–Crippen LogP) is 1.81. The zero-order chi connectivity index (χ0) is 18.5. The van der Waals surface area contributed by atoms with Gasteiger partial charge in [0.25, 0.3) is 0 Å². The Labute approximate surface area is 162 Å². The van der Waals surface area contributed by atoms with Crippen LogP contribution in [0.15, 0.2) is 24.4 Å². The Morgan fingerprint density at radius 3 is 2.85 bits per heavy atom. The Morgan fingerprint density at radius 2 is 2.04 bits per heavy atom. The van der Waals surface area contributed by atoms with Crippen LogP contribution in [0.3, 0.4) is 0 Å². The molecule has 3 aliphatic rings. The molecule has 3 atom stereocenters. The molecule has 1 amide bonds. The highest BCUT2D eigenvalue weighted by molar-refractivity contribution is 5.77. The maximum absolute atomic E-state index is 12.5. The van der Waals surface area contributed by atoms with Crippen molar-refractivity contribution in [3.8, 4) is 0 Å². The summed E-state index contributed by atoms with van der Waals surface area (Å²) < 4.78 is 5.50. The van der Waals surface area contributed by atoms with Gasteiger partial charge in [-0.25, -0.2) is 0 Å². The van der Waals surface area contributed by atoms with Gasteiger partial charge in [0.2, 0.25) is 5.91 Å². The molecule has 0 aromatic carbocycles. The minimum Gasteiger partial charge on any atom is -0.379 e. The third-order valence-corrected chi connectivity index (χ3v) is 6.30. The number of piperidine rings is 1. The summed E-state index contributed by atoms with van der Waals surface area (Å²) >= 11 is 0. The van der Waals surface area contributed by atoms with Crippen LogP contribution in [-0.2, 0) is 16.0 Å². The number of rotatable bonds is 4. The lowest BCUT2D eigenvalue weighted by molar-refractivity contribution is -0.129. The van der Waals surface area contributed by atoms with Crippen molar-refractivity contribution < 1.29 is 9.53 Å². The van der Waals surface area contributed by atoms with Crippen LogP contribution in [0.5, 0.6) is 0 Å². The molecule has 1 aromatic rings. The molecule has 0 spiro atoms. The third-order valence-electron chi connectivity index (χ3n) is 6.30. The topological polar surface area (TPSA) is 57.7 Å². The van der Waals surface area contributed by atoms with Crippen molar-refractivity contribution in [3.05, 3.63) is 30.1 Å². The van der Waals surface area contributed by atoms with Crippen LogP contribution >= 0.6 is 0 Å². The minimum atomic E-state index is 0.144. The average molecular weight is 373 g/mol. The molecular weight excluding hydrogens is 340 g/mol. The van der Waals surface area contributed by atoms with Crippen LogP contribution in [0, 0.1) is 0 Å². The van der Waals surface area contributed by atoms with E-state index in [0.29, 0.717) is 18.5 Å². The van der Waals surface area contributed by atoms with Crippen LogP contribution in [-0.4, -0.2) is 71.8 Å². The molecule has 3 fully saturated rings. The fourth-order valence-corrected chi connectivity index (χ4v) is 4.89. The molecule has 3 aliphatic heterocycles. The fourth-order valence-electron chi connectivity index (χ4n) is 4.89. The van der Waals surface area contributed by atoms with Gasteiger partial charge in [-0.3, -0.25) is 19.6 Å². The molecule has 2 unspecified atom stereocenters. The first-order chi connectivity index (χ1) is 13.3. The second kappa shape index (κ2) is 9.13. The van der Waals surface area contributed by atoms with Crippen molar-refractivity contribution in [2.75, 3.05) is 32.8 Å². The molecule has 1 aromatic heterocycles. The maximum Gasteiger partial charge on any atom is 0.222 e. The lowest BCUT2D eigenvalue weighted by Gasteiger charge is -2.44. The number of hydrogen-bond acceptors (Lipinski definition) is 5. The number of ether oxygens (including phenoxy) is 1. The smallest absolute Gasteiger partial charge is 0.222 e. The van der Waals surface area contributed by atoms with E-state index in [1.807, 2.05) is 12.3 Å². The zero-order valence-electron chi connectivity index (χ0n) is 16.2. The van der Waals surface area contributed by atoms with Crippen molar-refractivity contribution >= 4 is 5.91 Å². The Balaban J connectivity index is 1.47. The van der Waals surface area contributed by atoms with E-state index < -0.39 is 0 Å². The monoisotopic (exact) mass is 372 g/mol. The highest BCUT2D eigenvalue weighted by atomic mass is 16.5. The minimum absolute atomic E-state index is 0.144. The molecule has 148 valence electrons.